The van der Waals surface area contributed by atoms with Crippen molar-refractivity contribution in [1.82, 2.24) is 5.32 Å². The molecular formula is C17H21NO2S. The Morgan fingerprint density at radius 2 is 2.14 bits per heavy atom. The van der Waals surface area contributed by atoms with Gasteiger partial charge in [0.15, 0.2) is 0 Å². The van der Waals surface area contributed by atoms with Gasteiger partial charge >= 0.3 is 0 Å². The highest BCUT2D eigenvalue weighted by Gasteiger charge is 2.26. The fourth-order valence-electron chi connectivity index (χ4n) is 2.72. The zero-order chi connectivity index (χ0) is 15.1. The van der Waals surface area contributed by atoms with E-state index in [0.717, 1.165) is 12.8 Å². The molecule has 2 rings (SSSR count). The van der Waals surface area contributed by atoms with Crippen LogP contribution >= 0.6 is 11.8 Å². The van der Waals surface area contributed by atoms with Crippen molar-refractivity contribution in [2.45, 2.75) is 37.0 Å². The van der Waals surface area contributed by atoms with E-state index < -0.39 is 0 Å². The van der Waals surface area contributed by atoms with Crippen LogP contribution in [0.2, 0.25) is 0 Å². The minimum absolute atomic E-state index is 0.0659. The predicted molar refractivity (Wildman–Crippen MR) is 87.4 cm³/mol. The Morgan fingerprint density at radius 1 is 1.38 bits per heavy atom. The first-order valence-corrected chi connectivity index (χ1v) is 8.57. The van der Waals surface area contributed by atoms with Crippen LogP contribution in [-0.4, -0.2) is 35.2 Å². The molecule has 1 amide bonds. The van der Waals surface area contributed by atoms with Gasteiger partial charge in [-0.3, -0.25) is 4.79 Å². The molecule has 0 saturated heterocycles. The van der Waals surface area contributed by atoms with E-state index in [9.17, 15) is 4.79 Å². The molecule has 0 heterocycles. The molecule has 2 N–H and O–H groups in total. The van der Waals surface area contributed by atoms with E-state index in [1.165, 1.54) is 12.8 Å². The third kappa shape index (κ3) is 4.26. The lowest BCUT2D eigenvalue weighted by Gasteiger charge is -2.31. The molecule has 21 heavy (non-hydrogen) atoms. The molecular weight excluding hydrogens is 282 g/mol. The van der Waals surface area contributed by atoms with Crippen LogP contribution in [0, 0.1) is 11.8 Å². The number of hydrogen-bond donors (Lipinski definition) is 2. The Hall–Kier alpha value is -1.44. The molecule has 4 heteroatoms. The molecule has 3 nitrogen and oxygen atoms in total. The van der Waals surface area contributed by atoms with Crippen molar-refractivity contribution in [3.8, 4) is 11.8 Å². The number of nitrogens with one attached hydrogen (secondary N) is 1. The van der Waals surface area contributed by atoms with Gasteiger partial charge in [-0.2, -0.15) is 11.8 Å². The van der Waals surface area contributed by atoms with Crippen molar-refractivity contribution in [3.63, 3.8) is 0 Å². The highest BCUT2D eigenvalue weighted by molar-refractivity contribution is 7.99. The summed E-state index contributed by atoms with van der Waals surface area (Å²) in [6.07, 6.45) is 6.74. The first-order valence-electron chi connectivity index (χ1n) is 7.28. The summed E-state index contributed by atoms with van der Waals surface area (Å²) in [5.74, 6) is 5.38. The number of amides is 1. The van der Waals surface area contributed by atoms with E-state index in [-0.39, 0.29) is 18.6 Å². The molecule has 2 atom stereocenters. The molecule has 1 aromatic carbocycles. The van der Waals surface area contributed by atoms with Gasteiger partial charge in [-0.05, 0) is 31.2 Å². The molecule has 2 unspecified atom stereocenters. The monoisotopic (exact) mass is 303 g/mol. The van der Waals surface area contributed by atoms with Crippen LogP contribution in [0.4, 0.5) is 0 Å². The van der Waals surface area contributed by atoms with Gasteiger partial charge in [-0.1, -0.05) is 36.8 Å². The van der Waals surface area contributed by atoms with E-state index in [2.05, 4.69) is 23.4 Å². The van der Waals surface area contributed by atoms with Gasteiger partial charge in [0.2, 0.25) is 0 Å². The van der Waals surface area contributed by atoms with Gasteiger partial charge in [0.05, 0.1) is 5.56 Å². The molecule has 112 valence electrons. The number of benzene rings is 1. The van der Waals surface area contributed by atoms with Crippen LogP contribution in [0.1, 0.15) is 41.6 Å². The molecule has 0 spiro atoms. The Bertz CT molecular complexity index is 547. The lowest BCUT2D eigenvalue weighted by atomic mass is 9.94. The number of thioether (sulfide) groups is 1. The maximum absolute atomic E-state index is 12.5. The zero-order valence-electron chi connectivity index (χ0n) is 12.3. The van der Waals surface area contributed by atoms with Gasteiger partial charge in [-0.15, -0.1) is 0 Å². The van der Waals surface area contributed by atoms with Gasteiger partial charge in [0.1, 0.15) is 6.61 Å². The van der Waals surface area contributed by atoms with Gasteiger partial charge < -0.3 is 10.4 Å². The number of carbonyl (C=O) groups excluding carboxylic acids is 1. The van der Waals surface area contributed by atoms with Crippen molar-refractivity contribution in [2.75, 3.05) is 12.9 Å². The Morgan fingerprint density at radius 3 is 2.90 bits per heavy atom. The smallest absolute Gasteiger partial charge is 0.252 e. The Labute approximate surface area is 130 Å². The van der Waals surface area contributed by atoms with Crippen LogP contribution in [0.15, 0.2) is 24.3 Å². The predicted octanol–water partition coefficient (Wildman–Crippen LogP) is 2.43. The van der Waals surface area contributed by atoms with E-state index in [1.54, 1.807) is 6.07 Å². The van der Waals surface area contributed by atoms with E-state index in [4.69, 9.17) is 5.11 Å². The molecule has 0 radical (unpaired) electrons. The third-order valence-corrected chi connectivity index (χ3v) is 4.97. The quantitative estimate of drug-likeness (QED) is 0.843. The molecule has 1 aromatic rings. The normalized spacial score (nSPS) is 21.2. The van der Waals surface area contributed by atoms with Gasteiger partial charge in [0, 0.05) is 16.9 Å². The largest absolute Gasteiger partial charge is 0.384 e. The summed E-state index contributed by atoms with van der Waals surface area (Å²) in [7, 11) is 0. The average molecular weight is 303 g/mol. The van der Waals surface area contributed by atoms with Crippen molar-refractivity contribution >= 4 is 17.7 Å². The van der Waals surface area contributed by atoms with Crippen LogP contribution in [0.25, 0.3) is 0 Å². The SMILES string of the molecule is CSC1CCCCC1NC(=O)c1ccccc1C#CCO. The molecule has 0 aromatic heterocycles. The molecule has 1 fully saturated rings. The number of aliphatic hydroxyl groups excluding tert-OH is 1. The summed E-state index contributed by atoms with van der Waals surface area (Å²) in [4.78, 5) is 12.5. The van der Waals surface area contributed by atoms with Crippen LogP contribution in [0.5, 0.6) is 0 Å². The first kappa shape index (κ1) is 15.9. The molecule has 0 aliphatic heterocycles. The summed E-state index contributed by atoms with van der Waals surface area (Å²) in [6, 6.07) is 7.52. The lowest BCUT2D eigenvalue weighted by Crippen LogP contribution is -2.43. The Balaban J connectivity index is 2.13. The maximum Gasteiger partial charge on any atom is 0.252 e. The van der Waals surface area contributed by atoms with Gasteiger partial charge in [-0.25, -0.2) is 0 Å². The second kappa shape index (κ2) is 8.11. The molecule has 0 bridgehead atoms. The summed E-state index contributed by atoms with van der Waals surface area (Å²) < 4.78 is 0. The fraction of sp³-hybridized carbons (Fsp3) is 0.471. The van der Waals surface area contributed by atoms with Crippen LogP contribution in [0.3, 0.4) is 0 Å². The highest BCUT2D eigenvalue weighted by Crippen LogP contribution is 2.27. The highest BCUT2D eigenvalue weighted by atomic mass is 32.2. The standard InChI is InChI=1S/C17H21NO2S/c1-21-16-11-5-4-10-15(16)18-17(20)14-9-3-2-7-13(14)8-6-12-19/h2-3,7,9,15-16,19H,4-5,10-12H2,1H3,(H,18,20). The second-order valence-corrected chi connectivity index (χ2v) is 6.22. The minimum atomic E-state index is -0.201. The Kier molecular flexibility index (Phi) is 6.16. The summed E-state index contributed by atoms with van der Waals surface area (Å²) in [5, 5.41) is 12.5. The third-order valence-electron chi connectivity index (χ3n) is 3.80. The summed E-state index contributed by atoms with van der Waals surface area (Å²) >= 11 is 1.83. The van der Waals surface area contributed by atoms with Gasteiger partial charge in [0.25, 0.3) is 5.91 Å². The van der Waals surface area contributed by atoms with Crippen molar-refractivity contribution < 1.29 is 9.90 Å². The topological polar surface area (TPSA) is 49.3 Å². The minimum Gasteiger partial charge on any atom is -0.384 e. The van der Waals surface area contributed by atoms with Crippen LogP contribution < -0.4 is 5.32 Å². The summed E-state index contributed by atoms with van der Waals surface area (Å²) in [5.41, 5.74) is 1.25. The van der Waals surface area contributed by atoms with Crippen molar-refractivity contribution in [3.05, 3.63) is 35.4 Å². The zero-order valence-corrected chi connectivity index (χ0v) is 13.1. The van der Waals surface area contributed by atoms with Crippen molar-refractivity contribution in [1.29, 1.82) is 0 Å². The number of hydrogen-bond acceptors (Lipinski definition) is 3. The lowest BCUT2D eigenvalue weighted by molar-refractivity contribution is 0.0929. The fourth-order valence-corrected chi connectivity index (χ4v) is 3.65. The van der Waals surface area contributed by atoms with Crippen molar-refractivity contribution in [2.24, 2.45) is 0 Å². The maximum atomic E-state index is 12.5. The number of rotatable bonds is 3. The van der Waals surface area contributed by atoms with E-state index >= 15 is 0 Å². The molecule has 1 saturated carbocycles. The average Bonchev–Trinajstić information content (AvgIpc) is 2.53. The first-order chi connectivity index (χ1) is 10.3. The van der Waals surface area contributed by atoms with E-state index in [1.807, 2.05) is 30.0 Å². The van der Waals surface area contributed by atoms with E-state index in [0.29, 0.717) is 16.4 Å². The number of carbonyl (C=O) groups is 1. The second-order valence-electron chi connectivity index (χ2n) is 5.14. The summed E-state index contributed by atoms with van der Waals surface area (Å²) in [6.45, 7) is -0.201. The number of aliphatic hydroxyl groups is 1. The molecule has 1 aliphatic rings. The van der Waals surface area contributed by atoms with Crippen LogP contribution in [-0.2, 0) is 0 Å². The molecule has 1 aliphatic carbocycles.